The molecule has 21 heavy (non-hydrogen) atoms. The van der Waals surface area contributed by atoms with Crippen molar-refractivity contribution < 1.29 is 9.84 Å². The van der Waals surface area contributed by atoms with Crippen LogP contribution in [-0.2, 0) is 0 Å². The fourth-order valence-corrected chi connectivity index (χ4v) is 2.71. The molecule has 0 aliphatic rings. The van der Waals surface area contributed by atoms with Crippen LogP contribution in [0.25, 0.3) is 0 Å². The number of methoxy groups -OCH3 is 1. The summed E-state index contributed by atoms with van der Waals surface area (Å²) in [5.74, 6) is 1.95. The molecule has 0 aliphatic carbocycles. The summed E-state index contributed by atoms with van der Waals surface area (Å²) < 4.78 is 5.39. The highest BCUT2D eigenvalue weighted by Crippen LogP contribution is 2.27. The molecule has 3 heteroatoms. The highest BCUT2D eigenvalue weighted by atomic mass is 16.5. The minimum absolute atomic E-state index is 0.516. The molecule has 0 amide bonds. The molecule has 1 unspecified atom stereocenters. The predicted octanol–water partition coefficient (Wildman–Crippen LogP) is 3.65. The van der Waals surface area contributed by atoms with Crippen molar-refractivity contribution in [2.45, 2.75) is 40.7 Å². The van der Waals surface area contributed by atoms with Crippen LogP contribution in [0.1, 0.15) is 44.9 Å². The van der Waals surface area contributed by atoms with E-state index >= 15 is 0 Å². The van der Waals surface area contributed by atoms with Crippen molar-refractivity contribution in [2.75, 3.05) is 26.7 Å². The van der Waals surface area contributed by atoms with Crippen molar-refractivity contribution in [3.05, 3.63) is 29.3 Å². The number of aliphatic hydroxyl groups is 1. The molecular weight excluding hydrogens is 262 g/mol. The molecule has 0 aliphatic heterocycles. The summed E-state index contributed by atoms with van der Waals surface area (Å²) in [6, 6.07) is 5.96. The molecule has 120 valence electrons. The average Bonchev–Trinajstić information content (AvgIpc) is 2.36. The van der Waals surface area contributed by atoms with E-state index in [1.807, 2.05) is 25.1 Å². The summed E-state index contributed by atoms with van der Waals surface area (Å²) in [6.07, 6.45) is -0.516. The van der Waals surface area contributed by atoms with E-state index in [-0.39, 0.29) is 0 Å². The van der Waals surface area contributed by atoms with Crippen molar-refractivity contribution in [1.29, 1.82) is 0 Å². The number of aliphatic hydroxyl groups excluding tert-OH is 1. The largest absolute Gasteiger partial charge is 0.496 e. The minimum Gasteiger partial charge on any atom is -0.496 e. The van der Waals surface area contributed by atoms with Crippen LogP contribution < -0.4 is 4.74 Å². The molecule has 0 aromatic heterocycles. The Hall–Kier alpha value is -1.06. The number of ether oxygens (including phenoxy) is 1. The number of nitrogens with zero attached hydrogens (tertiary/aromatic N) is 1. The number of aryl methyl sites for hydroxylation is 1. The predicted molar refractivity (Wildman–Crippen MR) is 88.8 cm³/mol. The van der Waals surface area contributed by atoms with Gasteiger partial charge in [0, 0.05) is 25.2 Å². The second kappa shape index (κ2) is 8.40. The van der Waals surface area contributed by atoms with Crippen LogP contribution in [0.15, 0.2) is 18.2 Å². The smallest absolute Gasteiger partial charge is 0.124 e. The lowest BCUT2D eigenvalue weighted by Crippen LogP contribution is -2.35. The zero-order valence-corrected chi connectivity index (χ0v) is 14.4. The molecule has 0 bridgehead atoms. The van der Waals surface area contributed by atoms with Crippen LogP contribution >= 0.6 is 0 Å². The normalized spacial score (nSPS) is 13.2. The van der Waals surface area contributed by atoms with Crippen LogP contribution in [0.3, 0.4) is 0 Å². The third kappa shape index (κ3) is 6.06. The molecule has 0 fully saturated rings. The van der Waals surface area contributed by atoms with Gasteiger partial charge < -0.3 is 9.84 Å². The molecule has 0 saturated heterocycles. The van der Waals surface area contributed by atoms with Gasteiger partial charge in [-0.1, -0.05) is 39.3 Å². The Labute approximate surface area is 129 Å². The second-order valence-corrected chi connectivity index (χ2v) is 6.77. The molecule has 1 rings (SSSR count). The maximum absolute atomic E-state index is 10.6. The Morgan fingerprint density at radius 3 is 2.10 bits per heavy atom. The van der Waals surface area contributed by atoms with Gasteiger partial charge in [-0.2, -0.15) is 0 Å². The van der Waals surface area contributed by atoms with E-state index in [9.17, 15) is 5.11 Å². The van der Waals surface area contributed by atoms with Crippen molar-refractivity contribution in [3.63, 3.8) is 0 Å². The third-order valence-corrected chi connectivity index (χ3v) is 3.42. The lowest BCUT2D eigenvalue weighted by atomic mass is 10.0. The first-order valence-electron chi connectivity index (χ1n) is 7.88. The van der Waals surface area contributed by atoms with Crippen molar-refractivity contribution in [1.82, 2.24) is 4.90 Å². The van der Waals surface area contributed by atoms with Gasteiger partial charge in [0.15, 0.2) is 0 Å². The lowest BCUT2D eigenvalue weighted by molar-refractivity contribution is 0.0967. The molecule has 1 atom stereocenters. The Bertz CT molecular complexity index is 419. The highest BCUT2D eigenvalue weighted by molar-refractivity contribution is 5.38. The molecule has 1 aromatic rings. The molecule has 0 radical (unpaired) electrons. The van der Waals surface area contributed by atoms with Gasteiger partial charge in [-0.25, -0.2) is 0 Å². The van der Waals surface area contributed by atoms with Crippen molar-refractivity contribution in [2.24, 2.45) is 11.8 Å². The first kappa shape index (κ1) is 18.0. The fraction of sp³-hybridized carbons (Fsp3) is 0.667. The van der Waals surface area contributed by atoms with E-state index in [2.05, 4.69) is 32.6 Å². The van der Waals surface area contributed by atoms with Crippen molar-refractivity contribution in [3.8, 4) is 5.75 Å². The zero-order chi connectivity index (χ0) is 16.0. The minimum atomic E-state index is -0.516. The monoisotopic (exact) mass is 293 g/mol. The number of rotatable bonds is 8. The lowest BCUT2D eigenvalue weighted by Gasteiger charge is -2.29. The van der Waals surface area contributed by atoms with Crippen LogP contribution in [0.4, 0.5) is 0 Å². The molecular formula is C18H31NO2. The summed E-state index contributed by atoms with van der Waals surface area (Å²) in [4.78, 5) is 2.35. The highest BCUT2D eigenvalue weighted by Gasteiger charge is 2.18. The fourth-order valence-electron chi connectivity index (χ4n) is 2.71. The topological polar surface area (TPSA) is 32.7 Å². The molecule has 1 aromatic carbocycles. The maximum atomic E-state index is 10.6. The van der Waals surface area contributed by atoms with Gasteiger partial charge in [-0.05, 0) is 30.9 Å². The van der Waals surface area contributed by atoms with E-state index < -0.39 is 6.10 Å². The van der Waals surface area contributed by atoms with Crippen molar-refractivity contribution >= 4 is 0 Å². The van der Waals surface area contributed by atoms with Crippen LogP contribution in [0, 0.1) is 18.8 Å². The molecule has 0 saturated carbocycles. The SMILES string of the molecule is COc1ccc(C)cc1C(O)CN(CC(C)C)CC(C)C. The first-order valence-corrected chi connectivity index (χ1v) is 7.88. The summed E-state index contributed by atoms with van der Waals surface area (Å²) in [6.45, 7) is 13.6. The first-order chi connectivity index (χ1) is 9.83. The molecule has 1 N–H and O–H groups in total. The van der Waals surface area contributed by atoms with Crippen LogP contribution in [0.2, 0.25) is 0 Å². The Kier molecular flexibility index (Phi) is 7.20. The Morgan fingerprint density at radius 1 is 1.05 bits per heavy atom. The molecule has 0 heterocycles. The average molecular weight is 293 g/mol. The van der Waals surface area contributed by atoms with Crippen LogP contribution in [0.5, 0.6) is 5.75 Å². The van der Waals surface area contributed by atoms with Gasteiger partial charge in [0.1, 0.15) is 5.75 Å². The zero-order valence-electron chi connectivity index (χ0n) is 14.4. The van der Waals surface area contributed by atoms with Gasteiger partial charge in [0.25, 0.3) is 0 Å². The summed E-state index contributed by atoms with van der Waals surface area (Å²) in [7, 11) is 1.65. The van der Waals surface area contributed by atoms with E-state index in [1.54, 1.807) is 7.11 Å². The van der Waals surface area contributed by atoms with Gasteiger partial charge in [-0.15, -0.1) is 0 Å². The standard InChI is InChI=1S/C18H31NO2/c1-13(2)10-19(11-14(3)4)12-17(20)16-9-15(5)7-8-18(16)21-6/h7-9,13-14,17,20H,10-12H2,1-6H3. The third-order valence-electron chi connectivity index (χ3n) is 3.42. The van der Waals surface area contributed by atoms with E-state index in [4.69, 9.17) is 4.74 Å². The summed E-state index contributed by atoms with van der Waals surface area (Å²) in [5, 5.41) is 10.6. The maximum Gasteiger partial charge on any atom is 0.124 e. The quantitative estimate of drug-likeness (QED) is 0.794. The number of benzene rings is 1. The van der Waals surface area contributed by atoms with E-state index in [0.717, 1.165) is 30.0 Å². The summed E-state index contributed by atoms with van der Waals surface area (Å²) in [5.41, 5.74) is 2.03. The van der Waals surface area contributed by atoms with Crippen LogP contribution in [-0.4, -0.2) is 36.8 Å². The number of hydrogen-bond donors (Lipinski definition) is 1. The Morgan fingerprint density at radius 2 is 1.62 bits per heavy atom. The van der Waals surface area contributed by atoms with E-state index in [0.29, 0.717) is 18.4 Å². The van der Waals surface area contributed by atoms with Gasteiger partial charge in [0.05, 0.1) is 13.2 Å². The van der Waals surface area contributed by atoms with E-state index in [1.165, 1.54) is 0 Å². The summed E-state index contributed by atoms with van der Waals surface area (Å²) >= 11 is 0. The molecule has 3 nitrogen and oxygen atoms in total. The van der Waals surface area contributed by atoms with Gasteiger partial charge >= 0.3 is 0 Å². The van der Waals surface area contributed by atoms with Gasteiger partial charge in [0.2, 0.25) is 0 Å². The Balaban J connectivity index is 2.85. The second-order valence-electron chi connectivity index (χ2n) is 6.77. The number of hydrogen-bond acceptors (Lipinski definition) is 3. The van der Waals surface area contributed by atoms with Gasteiger partial charge in [-0.3, -0.25) is 4.90 Å². The molecule has 0 spiro atoms.